The molecule has 0 fully saturated rings. The van der Waals surface area contributed by atoms with Crippen LogP contribution in [0.3, 0.4) is 0 Å². The number of rotatable bonds is 17. The average Bonchev–Trinajstić information content (AvgIpc) is 2.52. The van der Waals surface area contributed by atoms with Gasteiger partial charge in [-0.3, -0.25) is 4.79 Å². The van der Waals surface area contributed by atoms with Crippen molar-refractivity contribution in [1.82, 2.24) is 0 Å². The van der Waals surface area contributed by atoms with Gasteiger partial charge in [-0.2, -0.15) is 12.6 Å². The summed E-state index contributed by atoms with van der Waals surface area (Å²) in [5.74, 6) is 1.42. The lowest BCUT2D eigenvalue weighted by molar-refractivity contribution is -0.143. The summed E-state index contributed by atoms with van der Waals surface area (Å²) in [5.41, 5.74) is 0. The van der Waals surface area contributed by atoms with Crippen molar-refractivity contribution in [2.75, 3.05) is 12.4 Å². The molecule has 0 unspecified atom stereocenters. The van der Waals surface area contributed by atoms with Crippen molar-refractivity contribution in [3.05, 3.63) is 0 Å². The lowest BCUT2D eigenvalue weighted by Gasteiger charge is -2.05. The standard InChI is InChI=1S/C20H40O2S/c1-19(2)15-13-11-9-7-5-3-4-6-8-10-12-14-16-20(21)22-17-18-23/h19,23H,3-18H2,1-2H3. The Labute approximate surface area is 150 Å². The van der Waals surface area contributed by atoms with Gasteiger partial charge in [-0.05, 0) is 12.3 Å². The number of carbonyl (C=O) groups excluding carboxylic acids is 1. The van der Waals surface area contributed by atoms with Crippen LogP contribution in [0.5, 0.6) is 0 Å². The Balaban J connectivity index is 3.06. The molecule has 0 aliphatic heterocycles. The zero-order valence-electron chi connectivity index (χ0n) is 15.7. The van der Waals surface area contributed by atoms with E-state index in [9.17, 15) is 4.79 Å². The minimum absolute atomic E-state index is 0.0626. The molecule has 0 amide bonds. The van der Waals surface area contributed by atoms with Gasteiger partial charge in [-0.15, -0.1) is 0 Å². The molecule has 0 saturated heterocycles. The van der Waals surface area contributed by atoms with Gasteiger partial charge in [0.2, 0.25) is 0 Å². The first-order chi connectivity index (χ1) is 11.2. The fourth-order valence-electron chi connectivity index (χ4n) is 2.82. The summed E-state index contributed by atoms with van der Waals surface area (Å²) in [6, 6.07) is 0. The monoisotopic (exact) mass is 344 g/mol. The summed E-state index contributed by atoms with van der Waals surface area (Å²) in [4.78, 5) is 11.3. The van der Waals surface area contributed by atoms with Crippen LogP contribution in [0.1, 0.15) is 104 Å². The van der Waals surface area contributed by atoms with Gasteiger partial charge in [-0.25, -0.2) is 0 Å². The van der Waals surface area contributed by atoms with Crippen LogP contribution in [-0.2, 0) is 9.53 Å². The van der Waals surface area contributed by atoms with E-state index >= 15 is 0 Å². The van der Waals surface area contributed by atoms with Crippen molar-refractivity contribution < 1.29 is 9.53 Å². The fraction of sp³-hybridized carbons (Fsp3) is 0.950. The normalized spacial score (nSPS) is 11.1. The molecule has 0 aromatic heterocycles. The predicted octanol–water partition coefficient (Wildman–Crippen LogP) is 6.58. The van der Waals surface area contributed by atoms with Gasteiger partial charge in [0.15, 0.2) is 0 Å². The first kappa shape index (κ1) is 22.8. The highest BCUT2D eigenvalue weighted by Crippen LogP contribution is 2.14. The average molecular weight is 345 g/mol. The number of ether oxygens (including phenoxy) is 1. The third-order valence-electron chi connectivity index (χ3n) is 4.27. The van der Waals surface area contributed by atoms with Gasteiger partial charge < -0.3 is 4.74 Å². The summed E-state index contributed by atoms with van der Waals surface area (Å²) in [5, 5.41) is 0. The maximum Gasteiger partial charge on any atom is 0.305 e. The number of thiol groups is 1. The summed E-state index contributed by atoms with van der Waals surface area (Å²) in [6.07, 6.45) is 17.9. The number of esters is 1. The molecule has 0 aromatic carbocycles. The summed E-state index contributed by atoms with van der Waals surface area (Å²) in [7, 11) is 0. The minimum atomic E-state index is -0.0626. The van der Waals surface area contributed by atoms with Gasteiger partial charge >= 0.3 is 5.97 Å². The molecule has 23 heavy (non-hydrogen) atoms. The van der Waals surface area contributed by atoms with E-state index in [1.807, 2.05) is 0 Å². The molecule has 0 aliphatic rings. The molecule has 2 nitrogen and oxygen atoms in total. The van der Waals surface area contributed by atoms with Crippen molar-refractivity contribution in [1.29, 1.82) is 0 Å². The highest BCUT2D eigenvalue weighted by molar-refractivity contribution is 7.80. The predicted molar refractivity (Wildman–Crippen MR) is 104 cm³/mol. The molecule has 0 aromatic rings. The topological polar surface area (TPSA) is 26.3 Å². The SMILES string of the molecule is CC(C)CCCCCCCCCCCCCCC(=O)OCCS. The van der Waals surface area contributed by atoms with Crippen LogP contribution in [-0.4, -0.2) is 18.3 Å². The maximum atomic E-state index is 11.3. The summed E-state index contributed by atoms with van der Waals surface area (Å²) < 4.78 is 4.99. The first-order valence-corrected chi connectivity index (χ1v) is 10.6. The van der Waals surface area contributed by atoms with E-state index in [1.165, 1.54) is 70.6 Å². The highest BCUT2D eigenvalue weighted by Gasteiger charge is 2.01. The Hall–Kier alpha value is -0.180. The Morgan fingerprint density at radius 3 is 1.65 bits per heavy atom. The Morgan fingerprint density at radius 2 is 1.22 bits per heavy atom. The molecular formula is C20H40O2S. The van der Waals surface area contributed by atoms with E-state index in [1.54, 1.807) is 0 Å². The first-order valence-electron chi connectivity index (χ1n) is 9.93. The largest absolute Gasteiger partial charge is 0.465 e. The molecule has 0 bridgehead atoms. The summed E-state index contributed by atoms with van der Waals surface area (Å²) >= 11 is 4.02. The van der Waals surface area contributed by atoms with Crippen molar-refractivity contribution >= 4 is 18.6 Å². The van der Waals surface area contributed by atoms with Crippen LogP contribution >= 0.6 is 12.6 Å². The van der Waals surface area contributed by atoms with E-state index in [4.69, 9.17) is 4.74 Å². The van der Waals surface area contributed by atoms with Crippen LogP contribution < -0.4 is 0 Å². The second-order valence-corrected chi connectivity index (χ2v) is 7.57. The third kappa shape index (κ3) is 19.8. The van der Waals surface area contributed by atoms with E-state index in [0.717, 1.165) is 18.8 Å². The maximum absolute atomic E-state index is 11.3. The Morgan fingerprint density at radius 1 is 0.783 bits per heavy atom. The van der Waals surface area contributed by atoms with Crippen LogP contribution in [0.4, 0.5) is 0 Å². The van der Waals surface area contributed by atoms with E-state index in [0.29, 0.717) is 18.8 Å². The molecule has 0 spiro atoms. The fourth-order valence-corrected chi connectivity index (χ4v) is 2.91. The molecule has 0 heterocycles. The number of carbonyl (C=O) groups is 1. The Kier molecular flexibility index (Phi) is 18.0. The second kappa shape index (κ2) is 18.2. The van der Waals surface area contributed by atoms with Gasteiger partial charge in [-0.1, -0.05) is 90.9 Å². The molecule has 0 aliphatic carbocycles. The quantitative estimate of drug-likeness (QED) is 0.183. The highest BCUT2D eigenvalue weighted by atomic mass is 32.1. The molecular weight excluding hydrogens is 304 g/mol. The zero-order valence-corrected chi connectivity index (χ0v) is 16.5. The van der Waals surface area contributed by atoms with Crippen molar-refractivity contribution in [2.45, 2.75) is 104 Å². The smallest absolute Gasteiger partial charge is 0.305 e. The lowest BCUT2D eigenvalue weighted by atomic mass is 10.0. The van der Waals surface area contributed by atoms with Gasteiger partial charge in [0.05, 0.1) is 0 Å². The summed E-state index contributed by atoms with van der Waals surface area (Å²) in [6.45, 7) is 5.07. The second-order valence-electron chi connectivity index (χ2n) is 7.12. The minimum Gasteiger partial charge on any atom is -0.465 e. The van der Waals surface area contributed by atoms with E-state index in [-0.39, 0.29) is 5.97 Å². The molecule has 0 atom stereocenters. The van der Waals surface area contributed by atoms with E-state index in [2.05, 4.69) is 26.5 Å². The van der Waals surface area contributed by atoms with Crippen LogP contribution in [0.2, 0.25) is 0 Å². The molecule has 138 valence electrons. The van der Waals surface area contributed by atoms with Crippen LogP contribution in [0.15, 0.2) is 0 Å². The molecule has 3 heteroatoms. The van der Waals surface area contributed by atoms with Crippen molar-refractivity contribution in [3.63, 3.8) is 0 Å². The molecule has 0 rings (SSSR count). The zero-order chi connectivity index (χ0) is 17.2. The molecule has 0 N–H and O–H groups in total. The van der Waals surface area contributed by atoms with Crippen LogP contribution in [0, 0.1) is 5.92 Å². The lowest BCUT2D eigenvalue weighted by Crippen LogP contribution is -2.06. The van der Waals surface area contributed by atoms with Crippen molar-refractivity contribution in [2.24, 2.45) is 5.92 Å². The number of unbranched alkanes of at least 4 members (excludes halogenated alkanes) is 11. The molecule has 0 saturated carbocycles. The Bertz CT molecular complexity index is 254. The third-order valence-corrected chi connectivity index (χ3v) is 4.45. The number of hydrogen-bond acceptors (Lipinski definition) is 3. The van der Waals surface area contributed by atoms with E-state index < -0.39 is 0 Å². The van der Waals surface area contributed by atoms with Gasteiger partial charge in [0.1, 0.15) is 6.61 Å². The molecule has 0 radical (unpaired) electrons. The van der Waals surface area contributed by atoms with Crippen LogP contribution in [0.25, 0.3) is 0 Å². The van der Waals surface area contributed by atoms with Crippen molar-refractivity contribution in [3.8, 4) is 0 Å². The van der Waals surface area contributed by atoms with Gasteiger partial charge in [0.25, 0.3) is 0 Å². The number of hydrogen-bond donors (Lipinski definition) is 1. The van der Waals surface area contributed by atoms with Gasteiger partial charge in [0, 0.05) is 12.2 Å².